The van der Waals surface area contributed by atoms with Gasteiger partial charge in [0.2, 0.25) is 0 Å². The number of likely N-dealkylation sites (N-methyl/N-ethyl adjacent to an activating group) is 1. The molecule has 1 aliphatic heterocycles. The first-order valence-electron chi connectivity index (χ1n) is 9.75. The number of aliphatic imine (C=N–C) groups is 1. The number of hydrogen-bond donors (Lipinski definition) is 1. The van der Waals surface area contributed by atoms with Crippen LogP contribution < -0.4 is 14.8 Å². The highest BCUT2D eigenvalue weighted by atomic mass is 127. The summed E-state index contributed by atoms with van der Waals surface area (Å²) < 4.78 is 16.4. The minimum absolute atomic E-state index is 0. The van der Waals surface area contributed by atoms with Crippen LogP contribution in [-0.2, 0) is 11.3 Å². The molecule has 1 N–H and O–H groups in total. The Hall–Kier alpha value is -1.26. The Balaban J connectivity index is 0.00000420. The molecule has 29 heavy (non-hydrogen) atoms. The molecule has 0 radical (unpaired) electrons. The van der Waals surface area contributed by atoms with Gasteiger partial charge in [-0.05, 0) is 57.1 Å². The van der Waals surface area contributed by atoms with E-state index in [9.17, 15) is 0 Å². The maximum absolute atomic E-state index is 5.57. The number of methoxy groups -OCH3 is 2. The summed E-state index contributed by atoms with van der Waals surface area (Å²) in [6.07, 6.45) is 2.03. The van der Waals surface area contributed by atoms with Gasteiger partial charge in [0, 0.05) is 45.9 Å². The van der Waals surface area contributed by atoms with Crippen LogP contribution in [0.4, 0.5) is 0 Å². The van der Waals surface area contributed by atoms with Crippen molar-refractivity contribution >= 4 is 29.9 Å². The molecule has 0 spiro atoms. The van der Waals surface area contributed by atoms with Crippen molar-refractivity contribution in [2.45, 2.75) is 31.8 Å². The third-order valence-electron chi connectivity index (χ3n) is 5.77. The van der Waals surface area contributed by atoms with Gasteiger partial charge in [-0.15, -0.1) is 24.0 Å². The molecule has 1 aromatic rings. The van der Waals surface area contributed by atoms with Crippen molar-refractivity contribution < 1.29 is 14.2 Å². The van der Waals surface area contributed by atoms with Crippen LogP contribution in [0.3, 0.4) is 0 Å². The molecule has 0 aliphatic carbocycles. The fraction of sp³-hybridized carbons (Fsp3) is 0.667. The first kappa shape index (κ1) is 25.8. The van der Waals surface area contributed by atoms with Crippen LogP contribution >= 0.6 is 24.0 Å². The van der Waals surface area contributed by atoms with E-state index in [0.29, 0.717) is 0 Å². The van der Waals surface area contributed by atoms with Crippen LogP contribution in [0.1, 0.15) is 24.0 Å². The lowest BCUT2D eigenvalue weighted by atomic mass is 9.88. The van der Waals surface area contributed by atoms with Gasteiger partial charge in [-0.3, -0.25) is 4.99 Å². The van der Waals surface area contributed by atoms with Gasteiger partial charge >= 0.3 is 0 Å². The Morgan fingerprint density at radius 1 is 1.14 bits per heavy atom. The molecule has 0 saturated carbocycles. The lowest BCUT2D eigenvalue weighted by molar-refractivity contribution is -0.00522. The van der Waals surface area contributed by atoms with Crippen molar-refractivity contribution in [1.82, 2.24) is 15.1 Å². The predicted molar refractivity (Wildman–Crippen MR) is 129 cm³/mol. The highest BCUT2D eigenvalue weighted by Gasteiger charge is 2.35. The molecule has 8 heteroatoms. The fourth-order valence-electron chi connectivity index (χ4n) is 3.69. The molecule has 1 fully saturated rings. The van der Waals surface area contributed by atoms with Crippen molar-refractivity contribution in [3.63, 3.8) is 0 Å². The van der Waals surface area contributed by atoms with Gasteiger partial charge in [-0.1, -0.05) is 0 Å². The second kappa shape index (κ2) is 11.8. The van der Waals surface area contributed by atoms with Crippen LogP contribution in [0.5, 0.6) is 11.5 Å². The third-order valence-corrected chi connectivity index (χ3v) is 5.77. The molecule has 0 unspecified atom stereocenters. The largest absolute Gasteiger partial charge is 0.493 e. The minimum atomic E-state index is 0. The smallest absolute Gasteiger partial charge is 0.193 e. The van der Waals surface area contributed by atoms with Crippen LogP contribution in [-0.4, -0.2) is 83.5 Å². The van der Waals surface area contributed by atoms with Crippen LogP contribution in [0.2, 0.25) is 0 Å². The zero-order valence-electron chi connectivity index (χ0n) is 18.9. The topological polar surface area (TPSA) is 58.6 Å². The molecule has 0 bridgehead atoms. The number of halogens is 1. The van der Waals surface area contributed by atoms with Crippen molar-refractivity contribution in [3.8, 4) is 11.5 Å². The normalized spacial score (nSPS) is 16.2. The summed E-state index contributed by atoms with van der Waals surface area (Å²) in [6, 6.07) is 4.05. The van der Waals surface area contributed by atoms with Gasteiger partial charge in [0.25, 0.3) is 0 Å². The molecular formula is C21H37IN4O3. The van der Waals surface area contributed by atoms with Gasteiger partial charge in [0.05, 0.1) is 14.2 Å². The van der Waals surface area contributed by atoms with Gasteiger partial charge in [-0.25, -0.2) is 0 Å². The average molecular weight is 520 g/mol. The number of rotatable bonds is 7. The number of benzene rings is 1. The Bertz CT molecular complexity index is 676. The van der Waals surface area contributed by atoms with E-state index in [1.165, 1.54) is 5.56 Å². The summed E-state index contributed by atoms with van der Waals surface area (Å²) in [4.78, 5) is 8.94. The summed E-state index contributed by atoms with van der Waals surface area (Å²) in [5, 5.41) is 3.57. The molecule has 7 nitrogen and oxygen atoms in total. The molecule has 0 aromatic heterocycles. The maximum Gasteiger partial charge on any atom is 0.193 e. The molecule has 0 atom stereocenters. The second-order valence-corrected chi connectivity index (χ2v) is 7.62. The SMILES string of the molecule is CN=C(NCC1(N(C)C)CCOCC1)N(C)Cc1cc(OC)c(OC)cc1C.I. The predicted octanol–water partition coefficient (Wildman–Crippen LogP) is 2.75. The van der Waals surface area contributed by atoms with Crippen molar-refractivity contribution in [2.24, 2.45) is 4.99 Å². The van der Waals surface area contributed by atoms with Gasteiger partial charge in [0.15, 0.2) is 17.5 Å². The summed E-state index contributed by atoms with van der Waals surface area (Å²) in [5.74, 6) is 2.37. The molecular weight excluding hydrogens is 483 g/mol. The van der Waals surface area contributed by atoms with Crippen molar-refractivity contribution in [3.05, 3.63) is 23.3 Å². The maximum atomic E-state index is 5.57. The molecule has 1 aliphatic rings. The lowest BCUT2D eigenvalue weighted by Gasteiger charge is -2.43. The van der Waals surface area contributed by atoms with Crippen LogP contribution in [0.25, 0.3) is 0 Å². The summed E-state index contributed by atoms with van der Waals surface area (Å²) >= 11 is 0. The van der Waals surface area contributed by atoms with Crippen LogP contribution in [0.15, 0.2) is 17.1 Å². The number of aryl methyl sites for hydroxylation is 1. The van der Waals surface area contributed by atoms with E-state index in [1.807, 2.05) is 19.2 Å². The van der Waals surface area contributed by atoms with E-state index in [2.05, 4.69) is 48.2 Å². The number of hydrogen-bond acceptors (Lipinski definition) is 5. The Labute approximate surface area is 192 Å². The zero-order valence-corrected chi connectivity index (χ0v) is 21.2. The quantitative estimate of drug-likeness (QED) is 0.339. The van der Waals surface area contributed by atoms with Gasteiger partial charge in [-0.2, -0.15) is 0 Å². The average Bonchev–Trinajstić information content (AvgIpc) is 2.70. The van der Waals surface area contributed by atoms with E-state index < -0.39 is 0 Å². The molecule has 1 saturated heterocycles. The van der Waals surface area contributed by atoms with Gasteiger partial charge in [0.1, 0.15) is 0 Å². The Morgan fingerprint density at radius 3 is 2.24 bits per heavy atom. The monoisotopic (exact) mass is 520 g/mol. The summed E-state index contributed by atoms with van der Waals surface area (Å²) in [5.41, 5.74) is 2.43. The molecule has 1 aromatic carbocycles. The lowest BCUT2D eigenvalue weighted by Crippen LogP contribution is -2.57. The van der Waals surface area contributed by atoms with E-state index in [1.54, 1.807) is 14.2 Å². The van der Waals surface area contributed by atoms with Crippen LogP contribution in [0, 0.1) is 6.92 Å². The third kappa shape index (κ3) is 6.36. The standard InChI is InChI=1S/C21H36N4O3.HI/c1-16-12-18(26-6)19(27-7)13-17(16)14-25(5)20(22-2)23-15-21(24(3)4)8-10-28-11-9-21;/h12-13H,8-11,14-15H2,1-7H3,(H,22,23);1H. The van der Waals surface area contributed by atoms with Gasteiger partial charge < -0.3 is 29.3 Å². The van der Waals surface area contributed by atoms with Crippen molar-refractivity contribution in [1.29, 1.82) is 0 Å². The number of nitrogens with zero attached hydrogens (tertiary/aromatic N) is 3. The first-order chi connectivity index (χ1) is 13.4. The van der Waals surface area contributed by atoms with Crippen molar-refractivity contribution in [2.75, 3.05) is 62.2 Å². The molecule has 1 heterocycles. The Kier molecular flexibility index (Phi) is 10.5. The molecule has 2 rings (SSSR count). The summed E-state index contributed by atoms with van der Waals surface area (Å²) in [7, 11) is 11.5. The van der Waals surface area contributed by atoms with E-state index in [0.717, 1.165) is 62.2 Å². The zero-order chi connectivity index (χ0) is 20.7. The second-order valence-electron chi connectivity index (χ2n) is 7.62. The molecule has 166 valence electrons. The minimum Gasteiger partial charge on any atom is -0.493 e. The highest BCUT2D eigenvalue weighted by molar-refractivity contribution is 14.0. The number of guanidine groups is 1. The summed E-state index contributed by atoms with van der Waals surface area (Å²) in [6.45, 7) is 5.26. The first-order valence-corrected chi connectivity index (χ1v) is 9.75. The van der Waals surface area contributed by atoms with E-state index in [4.69, 9.17) is 14.2 Å². The number of nitrogens with one attached hydrogen (secondary N) is 1. The fourth-order valence-corrected chi connectivity index (χ4v) is 3.69. The number of ether oxygens (including phenoxy) is 3. The Morgan fingerprint density at radius 2 is 1.72 bits per heavy atom. The highest BCUT2D eigenvalue weighted by Crippen LogP contribution is 2.31. The van der Waals surface area contributed by atoms with E-state index in [-0.39, 0.29) is 29.5 Å². The molecule has 0 amide bonds. The van der Waals surface area contributed by atoms with E-state index >= 15 is 0 Å².